The summed E-state index contributed by atoms with van der Waals surface area (Å²) in [6, 6.07) is 1.16. The fourth-order valence-electron chi connectivity index (χ4n) is 2.62. The van der Waals surface area contributed by atoms with E-state index in [1.54, 1.807) is 0 Å². The summed E-state index contributed by atoms with van der Waals surface area (Å²) in [7, 11) is 0. The molecule has 0 spiro atoms. The summed E-state index contributed by atoms with van der Waals surface area (Å²) < 4.78 is 44.9. The van der Waals surface area contributed by atoms with Gasteiger partial charge in [-0.25, -0.2) is 4.79 Å². The number of amides is 2. The minimum absolute atomic E-state index is 0.0498. The Morgan fingerprint density at radius 3 is 2.42 bits per heavy atom. The Labute approximate surface area is 144 Å². The van der Waals surface area contributed by atoms with Crippen LogP contribution in [0.5, 0.6) is 0 Å². The van der Waals surface area contributed by atoms with E-state index in [9.17, 15) is 38.0 Å². The molecule has 1 saturated heterocycles. The van der Waals surface area contributed by atoms with E-state index in [0.717, 1.165) is 24.3 Å². The molecule has 3 N–H and O–H groups in total. The summed E-state index contributed by atoms with van der Waals surface area (Å²) in [6.45, 7) is 1.10. The van der Waals surface area contributed by atoms with E-state index in [4.69, 9.17) is 0 Å². The molecule has 0 aromatic heterocycles. The van der Waals surface area contributed by atoms with Crippen molar-refractivity contribution in [1.82, 2.24) is 10.6 Å². The molecule has 26 heavy (non-hydrogen) atoms. The maximum atomic E-state index is 13.4. The molecule has 1 heterocycles. The zero-order valence-electron chi connectivity index (χ0n) is 13.2. The zero-order chi connectivity index (χ0) is 19.7. The van der Waals surface area contributed by atoms with Crippen molar-refractivity contribution in [2.75, 3.05) is 6.61 Å². The number of urea groups is 1. The Morgan fingerprint density at radius 1 is 1.38 bits per heavy atom. The monoisotopic (exact) mass is 377 g/mol. The second kappa shape index (κ2) is 6.78. The van der Waals surface area contributed by atoms with Gasteiger partial charge in [0, 0.05) is 12.1 Å². The molecule has 12 heteroatoms. The van der Waals surface area contributed by atoms with Crippen molar-refractivity contribution in [3.63, 3.8) is 0 Å². The number of carbonyl (C=O) groups excluding carboxylic acids is 2. The third kappa shape index (κ3) is 3.40. The van der Waals surface area contributed by atoms with Crippen molar-refractivity contribution in [2.45, 2.75) is 24.9 Å². The van der Waals surface area contributed by atoms with Crippen LogP contribution in [0.3, 0.4) is 0 Å². The molecule has 0 radical (unpaired) electrons. The van der Waals surface area contributed by atoms with Gasteiger partial charge in [0.1, 0.15) is 5.92 Å². The molecule has 1 aliphatic heterocycles. The highest BCUT2D eigenvalue weighted by Gasteiger charge is 2.67. The minimum Gasteiger partial charge on any atom is -0.466 e. The first kappa shape index (κ1) is 19.4. The molecule has 2 rings (SSSR count). The molecule has 1 aromatic carbocycles. The third-order valence-electron chi connectivity index (χ3n) is 3.81. The number of rotatable bonds is 4. The van der Waals surface area contributed by atoms with Crippen molar-refractivity contribution in [1.29, 1.82) is 0 Å². The van der Waals surface area contributed by atoms with Crippen LogP contribution in [-0.4, -0.2) is 40.5 Å². The molecular formula is C14H14F3N3O6. The van der Waals surface area contributed by atoms with Crippen molar-refractivity contribution >= 4 is 17.7 Å². The van der Waals surface area contributed by atoms with Gasteiger partial charge < -0.3 is 20.5 Å². The van der Waals surface area contributed by atoms with E-state index in [1.807, 2.05) is 0 Å². The fraction of sp³-hybridized carbons (Fsp3) is 0.429. The van der Waals surface area contributed by atoms with Gasteiger partial charge >= 0.3 is 18.2 Å². The predicted molar refractivity (Wildman–Crippen MR) is 78.6 cm³/mol. The maximum absolute atomic E-state index is 13.4. The van der Waals surface area contributed by atoms with E-state index in [-0.39, 0.29) is 17.9 Å². The first-order valence-corrected chi connectivity index (χ1v) is 7.30. The number of nitrogens with zero attached hydrogens (tertiary/aromatic N) is 1. The van der Waals surface area contributed by atoms with E-state index < -0.39 is 40.8 Å². The second-order valence-electron chi connectivity index (χ2n) is 5.42. The average Bonchev–Trinajstić information content (AvgIpc) is 2.53. The number of hydrogen-bond donors (Lipinski definition) is 3. The highest BCUT2D eigenvalue weighted by molar-refractivity contribution is 5.83. The van der Waals surface area contributed by atoms with Crippen molar-refractivity contribution in [3.8, 4) is 0 Å². The Balaban J connectivity index is 2.54. The van der Waals surface area contributed by atoms with Gasteiger partial charge in [0.15, 0.2) is 0 Å². The Morgan fingerprint density at radius 2 is 1.96 bits per heavy atom. The standard InChI is InChI=1S/C14H14F3N3O6/c1-2-26-11(21)9-10(7-3-5-8(6-4-7)20(24)25)18-12(22)19-13(9,23)14(15,16)17/h3-6,9-10,23H,2H2,1H3,(H2,18,19,22)/t9-,10+,13-/m0/s1. The van der Waals surface area contributed by atoms with Gasteiger partial charge in [-0.2, -0.15) is 13.2 Å². The number of hydrogen-bond acceptors (Lipinski definition) is 6. The number of halogens is 3. The first-order valence-electron chi connectivity index (χ1n) is 7.30. The van der Waals surface area contributed by atoms with Crippen LogP contribution in [0, 0.1) is 16.0 Å². The molecule has 2 amide bonds. The normalized spacial score (nSPS) is 25.8. The molecule has 0 aliphatic carbocycles. The van der Waals surface area contributed by atoms with E-state index in [1.165, 1.54) is 12.2 Å². The van der Waals surface area contributed by atoms with Crippen LogP contribution in [0.15, 0.2) is 24.3 Å². The number of nitrogens with one attached hydrogen (secondary N) is 2. The third-order valence-corrected chi connectivity index (χ3v) is 3.81. The molecule has 142 valence electrons. The lowest BCUT2D eigenvalue weighted by Gasteiger charge is -2.44. The quantitative estimate of drug-likeness (QED) is 0.413. The van der Waals surface area contributed by atoms with Gasteiger partial charge in [0.25, 0.3) is 11.4 Å². The smallest absolute Gasteiger partial charge is 0.437 e. The van der Waals surface area contributed by atoms with Gasteiger partial charge in [-0.1, -0.05) is 12.1 Å². The van der Waals surface area contributed by atoms with Crippen molar-refractivity contribution in [2.24, 2.45) is 5.92 Å². The lowest BCUT2D eigenvalue weighted by molar-refractivity contribution is -0.384. The first-order chi connectivity index (χ1) is 12.0. The van der Waals surface area contributed by atoms with Gasteiger partial charge in [0.05, 0.1) is 17.6 Å². The van der Waals surface area contributed by atoms with Crippen LogP contribution in [0.1, 0.15) is 18.5 Å². The topological polar surface area (TPSA) is 131 Å². The van der Waals surface area contributed by atoms with Crippen LogP contribution in [0.2, 0.25) is 0 Å². The van der Waals surface area contributed by atoms with Gasteiger partial charge in [-0.15, -0.1) is 0 Å². The average molecular weight is 377 g/mol. The summed E-state index contributed by atoms with van der Waals surface area (Å²) in [5, 5.41) is 24.2. The summed E-state index contributed by atoms with van der Waals surface area (Å²) >= 11 is 0. The summed E-state index contributed by atoms with van der Waals surface area (Å²) in [5.41, 5.74) is -4.27. The minimum atomic E-state index is -5.39. The number of aliphatic hydroxyl groups is 1. The Kier molecular flexibility index (Phi) is 5.07. The second-order valence-corrected chi connectivity index (χ2v) is 5.42. The number of esters is 1. The van der Waals surface area contributed by atoms with Crippen LogP contribution in [0.4, 0.5) is 23.7 Å². The molecule has 0 bridgehead atoms. The van der Waals surface area contributed by atoms with Crippen LogP contribution in [0.25, 0.3) is 0 Å². The van der Waals surface area contributed by atoms with E-state index >= 15 is 0 Å². The summed E-state index contributed by atoms with van der Waals surface area (Å²) in [6.07, 6.45) is -5.39. The lowest BCUT2D eigenvalue weighted by Crippen LogP contribution is -2.73. The molecule has 1 fully saturated rings. The number of nitro groups is 1. The van der Waals surface area contributed by atoms with E-state index in [2.05, 4.69) is 10.1 Å². The van der Waals surface area contributed by atoms with Gasteiger partial charge in [0.2, 0.25) is 0 Å². The number of non-ortho nitro benzene ring substituents is 1. The number of carbonyl (C=O) groups is 2. The highest BCUT2D eigenvalue weighted by Crippen LogP contribution is 2.43. The van der Waals surface area contributed by atoms with Gasteiger partial charge in [-0.05, 0) is 12.5 Å². The molecule has 1 aliphatic rings. The molecule has 1 aromatic rings. The van der Waals surface area contributed by atoms with Crippen molar-refractivity contribution < 1.29 is 37.5 Å². The largest absolute Gasteiger partial charge is 0.466 e. The van der Waals surface area contributed by atoms with Gasteiger partial charge in [-0.3, -0.25) is 14.9 Å². The molecular weight excluding hydrogens is 363 g/mol. The predicted octanol–water partition coefficient (Wildman–Crippen LogP) is 1.38. The number of nitro benzene ring substituents is 1. The van der Waals surface area contributed by atoms with Crippen LogP contribution >= 0.6 is 0 Å². The van der Waals surface area contributed by atoms with Crippen LogP contribution in [-0.2, 0) is 9.53 Å². The summed E-state index contributed by atoms with van der Waals surface area (Å²) in [5.74, 6) is -3.68. The summed E-state index contributed by atoms with van der Waals surface area (Å²) in [4.78, 5) is 33.8. The zero-order valence-corrected chi connectivity index (χ0v) is 13.2. The highest BCUT2D eigenvalue weighted by atomic mass is 19.4. The molecule has 3 atom stereocenters. The lowest BCUT2D eigenvalue weighted by atomic mass is 9.82. The molecule has 0 unspecified atom stereocenters. The van der Waals surface area contributed by atoms with Crippen molar-refractivity contribution in [3.05, 3.63) is 39.9 Å². The number of benzene rings is 1. The maximum Gasteiger partial charge on any atom is 0.437 e. The van der Waals surface area contributed by atoms with E-state index in [0.29, 0.717) is 0 Å². The Bertz CT molecular complexity index is 724. The fourth-order valence-corrected chi connectivity index (χ4v) is 2.62. The SMILES string of the molecule is CCOC(=O)[C@@H]1[C@@H](c2ccc([N+](=O)[O-])cc2)NC(=O)N[C@@]1(O)C(F)(F)F. The number of alkyl halides is 3. The molecule has 9 nitrogen and oxygen atoms in total. The molecule has 0 saturated carbocycles. The Hall–Kier alpha value is -2.89. The van der Waals surface area contributed by atoms with Crippen LogP contribution < -0.4 is 10.6 Å². The number of ether oxygens (including phenoxy) is 1.